The first-order chi connectivity index (χ1) is 24.5. The Balaban J connectivity index is 1.31. The molecule has 11 heteroatoms. The smallest absolute Gasteiger partial charge is 0.260 e. The molecule has 2 heterocycles. The average molecular weight is 725 g/mol. The maximum atomic E-state index is 15.2. The summed E-state index contributed by atoms with van der Waals surface area (Å²) in [6, 6.07) is 23.9. The molecule has 51 heavy (non-hydrogen) atoms. The van der Waals surface area contributed by atoms with Crippen LogP contribution in [0.15, 0.2) is 103 Å². The van der Waals surface area contributed by atoms with E-state index < -0.39 is 52.6 Å². The zero-order valence-electron chi connectivity index (χ0n) is 27.4. The van der Waals surface area contributed by atoms with E-state index in [9.17, 15) is 23.9 Å². The molecular weight excluding hydrogens is 692 g/mol. The molecule has 0 unspecified atom stereocenters. The number of hydrogen-bond acceptors (Lipinski definition) is 6. The molecule has 2 aliphatic heterocycles. The van der Waals surface area contributed by atoms with Crippen molar-refractivity contribution >= 4 is 58.2 Å². The predicted molar refractivity (Wildman–Crippen MR) is 190 cm³/mol. The Hall–Kier alpha value is -4.99. The number of fused-ring (bicyclic) bond motifs is 4. The van der Waals surface area contributed by atoms with Gasteiger partial charge in [-0.3, -0.25) is 29.5 Å². The SMILES string of the molecule is CCc1ccc(N2C(=O)[C@H]3[C@H](CC=C4[C@H]3C[C@H]3C(=O)N(Nc5ccc(F)cc5)C(=O)[C@@]3(c3ccc(Cl)cc3)[C@H]4c3ccc(O)cc3Cl)C2=O)cc1. The van der Waals surface area contributed by atoms with E-state index in [0.29, 0.717) is 27.5 Å². The molecule has 2 saturated heterocycles. The third-order valence-corrected chi connectivity index (χ3v) is 11.7. The Labute approximate surface area is 303 Å². The Morgan fingerprint density at radius 1 is 0.863 bits per heavy atom. The normalized spacial score (nSPS) is 26.9. The van der Waals surface area contributed by atoms with E-state index in [-0.39, 0.29) is 35.4 Å². The van der Waals surface area contributed by atoms with Crippen molar-refractivity contribution in [2.45, 2.75) is 37.5 Å². The molecule has 4 amide bonds. The number of phenolic OH excluding ortho intramolecular Hbond substituents is 1. The number of aromatic hydroxyl groups is 1. The molecule has 6 atom stereocenters. The van der Waals surface area contributed by atoms with Crippen molar-refractivity contribution in [3.63, 3.8) is 0 Å². The van der Waals surface area contributed by atoms with Gasteiger partial charge in [0, 0.05) is 16.0 Å². The zero-order valence-corrected chi connectivity index (χ0v) is 28.9. The van der Waals surface area contributed by atoms with Crippen LogP contribution in [0.4, 0.5) is 15.8 Å². The van der Waals surface area contributed by atoms with Crippen LogP contribution in [0, 0.1) is 29.5 Å². The Bertz CT molecular complexity index is 2140. The standard InChI is InChI=1S/C40H32Cl2FN3O5/c1-2-21-3-13-26(14-4-21)45-36(48)30-18-17-28-31(34(30)38(45)50)20-32-37(49)46(44-25-11-9-24(43)10-12-25)39(51)40(32,22-5-7-23(41)8-6-22)35(28)29-16-15-27(47)19-33(29)42/h3-17,19,30-32,34-35,44,47H,2,18,20H2,1H3/t30-,31+,32-,34-,35+,40+/m0/s1. The van der Waals surface area contributed by atoms with E-state index in [4.69, 9.17) is 23.2 Å². The van der Waals surface area contributed by atoms with Crippen molar-refractivity contribution < 1.29 is 28.7 Å². The second kappa shape index (κ2) is 12.4. The molecule has 8 nitrogen and oxygen atoms in total. The van der Waals surface area contributed by atoms with Crippen LogP contribution < -0.4 is 10.3 Å². The number of benzene rings is 4. The van der Waals surface area contributed by atoms with Gasteiger partial charge in [0.2, 0.25) is 11.8 Å². The number of amides is 4. The van der Waals surface area contributed by atoms with Gasteiger partial charge in [0.25, 0.3) is 11.8 Å². The Kier molecular flexibility index (Phi) is 8.03. The van der Waals surface area contributed by atoms with Crippen LogP contribution in [-0.2, 0) is 31.0 Å². The number of halogens is 3. The fraction of sp³-hybridized carbons (Fsp3) is 0.250. The van der Waals surface area contributed by atoms with Crippen LogP contribution in [-0.4, -0.2) is 33.7 Å². The number of hydrogen-bond donors (Lipinski definition) is 2. The number of carbonyl (C=O) groups excluding carboxylic acids is 4. The van der Waals surface area contributed by atoms with Crippen LogP contribution >= 0.6 is 23.2 Å². The number of hydrazine groups is 1. The molecular formula is C40H32Cl2FN3O5. The monoisotopic (exact) mass is 723 g/mol. The quantitative estimate of drug-likeness (QED) is 0.157. The largest absolute Gasteiger partial charge is 0.508 e. The van der Waals surface area contributed by atoms with E-state index in [0.717, 1.165) is 22.6 Å². The minimum absolute atomic E-state index is 0.0828. The summed E-state index contributed by atoms with van der Waals surface area (Å²) in [5.41, 5.74) is 4.95. The number of carbonyl (C=O) groups is 4. The third kappa shape index (κ3) is 5.00. The van der Waals surface area contributed by atoms with Crippen LogP contribution in [0.5, 0.6) is 5.75 Å². The van der Waals surface area contributed by atoms with Gasteiger partial charge in [-0.1, -0.05) is 72.1 Å². The molecule has 3 fully saturated rings. The van der Waals surface area contributed by atoms with E-state index in [1.807, 2.05) is 25.1 Å². The molecule has 4 aromatic carbocycles. The second-order valence-corrected chi connectivity index (χ2v) is 14.5. The molecule has 8 rings (SSSR count). The summed E-state index contributed by atoms with van der Waals surface area (Å²) in [5, 5.41) is 12.0. The number of nitrogens with one attached hydrogen (secondary N) is 1. The minimum Gasteiger partial charge on any atom is -0.508 e. The molecule has 258 valence electrons. The first-order valence-corrected chi connectivity index (χ1v) is 17.6. The van der Waals surface area contributed by atoms with Crippen molar-refractivity contribution in [1.82, 2.24) is 5.01 Å². The van der Waals surface area contributed by atoms with Gasteiger partial charge in [-0.2, -0.15) is 5.01 Å². The molecule has 4 aliphatic rings. The minimum atomic E-state index is -1.58. The van der Waals surface area contributed by atoms with Crippen LogP contribution in [0.2, 0.25) is 10.0 Å². The lowest BCUT2D eigenvalue weighted by molar-refractivity contribution is -0.138. The van der Waals surface area contributed by atoms with Gasteiger partial charge in [-0.15, -0.1) is 0 Å². The van der Waals surface area contributed by atoms with Crippen LogP contribution in [0.25, 0.3) is 0 Å². The first-order valence-electron chi connectivity index (χ1n) is 16.9. The topological polar surface area (TPSA) is 107 Å². The maximum absolute atomic E-state index is 15.2. The van der Waals surface area contributed by atoms with Gasteiger partial charge in [0.05, 0.1) is 34.5 Å². The van der Waals surface area contributed by atoms with Crippen molar-refractivity contribution in [3.05, 3.63) is 135 Å². The van der Waals surface area contributed by atoms with E-state index in [2.05, 4.69) is 5.43 Å². The van der Waals surface area contributed by atoms with Gasteiger partial charge < -0.3 is 5.11 Å². The lowest BCUT2D eigenvalue weighted by Gasteiger charge is -2.50. The van der Waals surface area contributed by atoms with Gasteiger partial charge in [0.15, 0.2) is 0 Å². The fourth-order valence-electron chi connectivity index (χ4n) is 8.89. The Morgan fingerprint density at radius 3 is 2.24 bits per heavy atom. The molecule has 0 aromatic heterocycles. The highest BCUT2D eigenvalue weighted by molar-refractivity contribution is 6.32. The molecule has 0 bridgehead atoms. The molecule has 0 radical (unpaired) electrons. The maximum Gasteiger partial charge on any atom is 0.260 e. The number of rotatable bonds is 6. The summed E-state index contributed by atoms with van der Waals surface area (Å²) >= 11 is 13.3. The molecule has 2 aliphatic carbocycles. The molecule has 1 saturated carbocycles. The number of aryl methyl sites for hydroxylation is 1. The van der Waals surface area contributed by atoms with Crippen molar-refractivity contribution in [3.8, 4) is 5.75 Å². The number of allylic oxidation sites excluding steroid dienone is 2. The van der Waals surface area contributed by atoms with Gasteiger partial charge in [-0.25, -0.2) is 4.39 Å². The molecule has 0 spiro atoms. The van der Waals surface area contributed by atoms with Gasteiger partial charge in [0.1, 0.15) is 11.6 Å². The Morgan fingerprint density at radius 2 is 1.57 bits per heavy atom. The second-order valence-electron chi connectivity index (χ2n) is 13.6. The highest BCUT2D eigenvalue weighted by Crippen LogP contribution is 2.65. The number of phenols is 1. The van der Waals surface area contributed by atoms with E-state index >= 15 is 4.79 Å². The number of anilines is 2. The fourth-order valence-corrected chi connectivity index (χ4v) is 9.29. The van der Waals surface area contributed by atoms with Crippen molar-refractivity contribution in [1.29, 1.82) is 0 Å². The lowest BCUT2D eigenvalue weighted by Crippen LogP contribution is -2.53. The summed E-state index contributed by atoms with van der Waals surface area (Å²) in [7, 11) is 0. The van der Waals surface area contributed by atoms with Crippen molar-refractivity contribution in [2.24, 2.45) is 23.7 Å². The lowest BCUT2D eigenvalue weighted by atomic mass is 9.49. The third-order valence-electron chi connectivity index (χ3n) is 11.2. The van der Waals surface area contributed by atoms with Crippen LogP contribution in [0.3, 0.4) is 0 Å². The average Bonchev–Trinajstić information content (AvgIpc) is 3.50. The highest BCUT2D eigenvalue weighted by Gasteiger charge is 2.70. The van der Waals surface area contributed by atoms with E-state index in [1.165, 1.54) is 41.3 Å². The van der Waals surface area contributed by atoms with Gasteiger partial charge in [-0.05, 0) is 103 Å². The summed E-state index contributed by atoms with van der Waals surface area (Å²) in [4.78, 5) is 59.7. The summed E-state index contributed by atoms with van der Waals surface area (Å²) in [5.74, 6) is -6.25. The zero-order chi connectivity index (χ0) is 35.8. The number of imide groups is 2. The van der Waals surface area contributed by atoms with Crippen LogP contribution in [0.1, 0.15) is 42.4 Å². The number of nitrogens with zero attached hydrogens (tertiary/aromatic N) is 2. The summed E-state index contributed by atoms with van der Waals surface area (Å²) in [6.45, 7) is 2.03. The molecule has 2 N–H and O–H groups in total. The van der Waals surface area contributed by atoms with E-state index in [1.54, 1.807) is 42.5 Å². The van der Waals surface area contributed by atoms with Gasteiger partial charge >= 0.3 is 0 Å². The first kappa shape index (κ1) is 33.2. The predicted octanol–water partition coefficient (Wildman–Crippen LogP) is 7.59. The van der Waals surface area contributed by atoms with Crippen molar-refractivity contribution in [2.75, 3.05) is 10.3 Å². The molecule has 4 aromatic rings. The summed E-state index contributed by atoms with van der Waals surface area (Å²) < 4.78 is 13.8. The summed E-state index contributed by atoms with van der Waals surface area (Å²) in [6.07, 6.45) is 3.09. The highest BCUT2D eigenvalue weighted by atomic mass is 35.5.